The molecule has 0 bridgehead atoms. The molecule has 0 aromatic rings. The standard InChI is InChI=1S/C71H112O6/c1-4-7-10-13-16-19-22-25-28-30-32-34-35-37-38-40-43-46-49-52-55-58-61-64-70(73)76-67-68(66-75-69(72)63-60-57-54-51-48-45-42-27-24-21-18-15-12-9-6-3)77-71(74)65-62-59-56-53-50-47-44-41-39-36-33-31-29-26-23-20-17-14-11-8-5-2/h7,9-10,12,16,18-19,21,23,25-28,31-34,37-38,42-43,46,48,51,57,60,68H,4-6,8,11,13-15,17,20,22,24,29-30,35-36,39-41,44-45,47,49-50,52-56,58-59,61-67H2,1-3H3/b10-7-,12-9-,19-16-,21-18-,26-23-,28-25-,33-31-,34-32-,38-37-,42-27-,46-43-,51-48-,60-57-. The Labute approximate surface area is 473 Å². The van der Waals surface area contributed by atoms with Crippen LogP contribution in [0.25, 0.3) is 0 Å². The van der Waals surface area contributed by atoms with Crippen LogP contribution in [0.1, 0.15) is 252 Å². The summed E-state index contributed by atoms with van der Waals surface area (Å²) in [5.74, 6) is -1.09. The first-order chi connectivity index (χ1) is 38.0. The van der Waals surface area contributed by atoms with E-state index in [1.54, 1.807) is 6.08 Å². The number of unbranched alkanes of at least 4 members (excludes halogenated alkanes) is 18. The van der Waals surface area contributed by atoms with Crippen LogP contribution >= 0.6 is 0 Å². The van der Waals surface area contributed by atoms with Crippen molar-refractivity contribution in [3.05, 3.63) is 158 Å². The van der Waals surface area contributed by atoms with Gasteiger partial charge in [0.25, 0.3) is 0 Å². The molecule has 0 amide bonds. The first-order valence-electron chi connectivity index (χ1n) is 31.0. The van der Waals surface area contributed by atoms with Gasteiger partial charge in [0.05, 0.1) is 6.42 Å². The average Bonchev–Trinajstić information content (AvgIpc) is 3.43. The van der Waals surface area contributed by atoms with Gasteiger partial charge in [-0.2, -0.15) is 0 Å². The molecule has 77 heavy (non-hydrogen) atoms. The molecule has 0 heterocycles. The molecule has 0 spiro atoms. The van der Waals surface area contributed by atoms with Gasteiger partial charge >= 0.3 is 17.9 Å². The minimum absolute atomic E-state index is 0.114. The fraction of sp³-hybridized carbons (Fsp3) is 0.592. The summed E-state index contributed by atoms with van der Waals surface area (Å²) < 4.78 is 16.8. The molecule has 0 aliphatic carbocycles. The predicted octanol–water partition coefficient (Wildman–Crippen LogP) is 21.3. The molecule has 0 N–H and O–H groups in total. The summed E-state index contributed by atoms with van der Waals surface area (Å²) in [5, 5.41) is 0. The number of carbonyl (C=O) groups is 3. The lowest BCUT2D eigenvalue weighted by Gasteiger charge is -2.18. The summed E-state index contributed by atoms with van der Waals surface area (Å²) in [5.41, 5.74) is 0. The highest BCUT2D eigenvalue weighted by molar-refractivity contribution is 5.72. The Bertz CT molecular complexity index is 1740. The molecule has 1 unspecified atom stereocenters. The van der Waals surface area contributed by atoms with Gasteiger partial charge in [-0.3, -0.25) is 14.4 Å². The first kappa shape index (κ1) is 72.0. The molecule has 6 heteroatoms. The number of rotatable bonds is 54. The fourth-order valence-electron chi connectivity index (χ4n) is 7.96. The zero-order valence-corrected chi connectivity index (χ0v) is 49.4. The van der Waals surface area contributed by atoms with E-state index < -0.39 is 12.1 Å². The van der Waals surface area contributed by atoms with Crippen molar-refractivity contribution in [3.8, 4) is 0 Å². The Morgan fingerprint density at radius 1 is 0.286 bits per heavy atom. The largest absolute Gasteiger partial charge is 0.462 e. The minimum atomic E-state index is -0.840. The number of allylic oxidation sites excluding steroid dienone is 25. The fourth-order valence-corrected chi connectivity index (χ4v) is 7.96. The van der Waals surface area contributed by atoms with Crippen LogP contribution in [0, 0.1) is 0 Å². The van der Waals surface area contributed by atoms with E-state index in [2.05, 4.69) is 167 Å². The Morgan fingerprint density at radius 2 is 0.558 bits per heavy atom. The third kappa shape index (κ3) is 61.8. The Balaban J connectivity index is 4.54. The number of hydrogen-bond acceptors (Lipinski definition) is 6. The molecule has 0 radical (unpaired) electrons. The molecule has 0 aromatic carbocycles. The third-order valence-electron chi connectivity index (χ3n) is 12.5. The summed E-state index contributed by atoms with van der Waals surface area (Å²) in [6.45, 7) is 6.28. The van der Waals surface area contributed by atoms with Crippen LogP contribution in [0.2, 0.25) is 0 Å². The van der Waals surface area contributed by atoms with Crippen molar-refractivity contribution in [2.45, 2.75) is 258 Å². The number of carbonyl (C=O) groups excluding carboxylic acids is 3. The molecule has 1 atom stereocenters. The van der Waals surface area contributed by atoms with Crippen LogP contribution in [0.4, 0.5) is 0 Å². The van der Waals surface area contributed by atoms with Gasteiger partial charge in [-0.1, -0.05) is 262 Å². The van der Waals surface area contributed by atoms with Gasteiger partial charge in [0.1, 0.15) is 13.2 Å². The van der Waals surface area contributed by atoms with Crippen molar-refractivity contribution >= 4 is 17.9 Å². The number of ether oxygens (including phenoxy) is 3. The molecule has 0 aromatic heterocycles. The second kappa shape index (κ2) is 63.6. The maximum absolute atomic E-state index is 12.9. The topological polar surface area (TPSA) is 78.9 Å². The van der Waals surface area contributed by atoms with Gasteiger partial charge in [-0.05, 0) is 128 Å². The summed E-state index contributed by atoms with van der Waals surface area (Å²) >= 11 is 0. The lowest BCUT2D eigenvalue weighted by Crippen LogP contribution is -2.30. The predicted molar refractivity (Wildman–Crippen MR) is 334 cm³/mol. The van der Waals surface area contributed by atoms with Crippen LogP contribution in [-0.2, 0) is 28.6 Å². The zero-order chi connectivity index (χ0) is 55.7. The van der Waals surface area contributed by atoms with Crippen LogP contribution in [-0.4, -0.2) is 37.2 Å². The van der Waals surface area contributed by atoms with Crippen LogP contribution in [0.15, 0.2) is 158 Å². The molecule has 0 fully saturated rings. The van der Waals surface area contributed by atoms with E-state index >= 15 is 0 Å². The van der Waals surface area contributed by atoms with E-state index in [0.29, 0.717) is 12.8 Å². The van der Waals surface area contributed by atoms with Gasteiger partial charge in [0.15, 0.2) is 6.10 Å². The lowest BCUT2D eigenvalue weighted by atomic mass is 10.1. The molecule has 0 saturated carbocycles. The lowest BCUT2D eigenvalue weighted by molar-refractivity contribution is -0.166. The van der Waals surface area contributed by atoms with Crippen molar-refractivity contribution in [2.75, 3.05) is 13.2 Å². The average molecular weight is 1060 g/mol. The summed E-state index contributed by atoms with van der Waals surface area (Å²) in [6.07, 6.45) is 92.6. The van der Waals surface area contributed by atoms with Crippen molar-refractivity contribution in [1.29, 1.82) is 0 Å². The molecule has 0 rings (SSSR count). The maximum atomic E-state index is 12.9. The van der Waals surface area contributed by atoms with Crippen molar-refractivity contribution in [3.63, 3.8) is 0 Å². The molecule has 6 nitrogen and oxygen atoms in total. The maximum Gasteiger partial charge on any atom is 0.309 e. The first-order valence-corrected chi connectivity index (χ1v) is 31.0. The molecule has 0 saturated heterocycles. The number of esters is 3. The van der Waals surface area contributed by atoms with E-state index in [0.717, 1.165) is 128 Å². The van der Waals surface area contributed by atoms with Crippen LogP contribution in [0.3, 0.4) is 0 Å². The van der Waals surface area contributed by atoms with Crippen molar-refractivity contribution in [2.24, 2.45) is 0 Å². The van der Waals surface area contributed by atoms with E-state index in [-0.39, 0.29) is 31.6 Å². The molecule has 0 aliphatic heterocycles. The molecule has 432 valence electrons. The minimum Gasteiger partial charge on any atom is -0.462 e. The monoisotopic (exact) mass is 1060 g/mol. The summed E-state index contributed by atoms with van der Waals surface area (Å²) in [6, 6.07) is 0. The molecular formula is C71H112O6. The Hall–Kier alpha value is -4.97. The second-order valence-electron chi connectivity index (χ2n) is 19.9. The Morgan fingerprint density at radius 3 is 0.909 bits per heavy atom. The highest BCUT2D eigenvalue weighted by Gasteiger charge is 2.19. The van der Waals surface area contributed by atoms with Crippen LogP contribution in [0.5, 0.6) is 0 Å². The smallest absolute Gasteiger partial charge is 0.309 e. The van der Waals surface area contributed by atoms with Gasteiger partial charge in [0, 0.05) is 12.8 Å². The second-order valence-corrected chi connectivity index (χ2v) is 19.9. The van der Waals surface area contributed by atoms with E-state index in [9.17, 15) is 14.4 Å². The van der Waals surface area contributed by atoms with E-state index in [4.69, 9.17) is 14.2 Å². The number of hydrogen-bond donors (Lipinski definition) is 0. The van der Waals surface area contributed by atoms with Gasteiger partial charge in [-0.25, -0.2) is 0 Å². The summed E-state index contributed by atoms with van der Waals surface area (Å²) in [4.78, 5) is 38.2. The summed E-state index contributed by atoms with van der Waals surface area (Å²) in [7, 11) is 0. The van der Waals surface area contributed by atoms with Crippen molar-refractivity contribution in [1.82, 2.24) is 0 Å². The van der Waals surface area contributed by atoms with Gasteiger partial charge < -0.3 is 14.2 Å². The van der Waals surface area contributed by atoms with Crippen molar-refractivity contribution < 1.29 is 28.6 Å². The Kier molecular flexibility index (Phi) is 59.5. The highest BCUT2D eigenvalue weighted by Crippen LogP contribution is 2.14. The molecular weight excluding hydrogens is 949 g/mol. The van der Waals surface area contributed by atoms with Crippen LogP contribution < -0.4 is 0 Å². The molecule has 0 aliphatic rings. The van der Waals surface area contributed by atoms with E-state index in [1.807, 2.05) is 6.08 Å². The third-order valence-corrected chi connectivity index (χ3v) is 12.5. The zero-order valence-electron chi connectivity index (χ0n) is 49.4. The highest BCUT2D eigenvalue weighted by atomic mass is 16.6. The van der Waals surface area contributed by atoms with E-state index in [1.165, 1.54) is 83.5 Å². The van der Waals surface area contributed by atoms with Gasteiger partial charge in [-0.15, -0.1) is 0 Å². The normalized spacial score (nSPS) is 13.2. The SMILES string of the molecule is CC/C=C\C/C=C\C/C=C\C/C=C\C/C=C\C/C=C\CCCCCCC(=O)OCC(COC(=O)C/C=C\C/C=C\C/C=C\C/C=C\C/C=C\CC)OC(=O)CCCCCCCCCCC/C=C\C/C=C\CCCCCCC. The quantitative estimate of drug-likeness (QED) is 0.0261. The van der Waals surface area contributed by atoms with Gasteiger partial charge in [0.2, 0.25) is 0 Å².